The Hall–Kier alpha value is -8.26. The molecular weight excluding hydrogens is 759 g/mol. The van der Waals surface area contributed by atoms with Gasteiger partial charge in [0.15, 0.2) is 0 Å². The molecule has 11 aromatic rings. The zero-order valence-corrected chi connectivity index (χ0v) is 34.8. The summed E-state index contributed by atoms with van der Waals surface area (Å²) in [7, 11) is 0. The average molecular weight is 802 g/mol. The minimum Gasteiger partial charge on any atom is -0.310 e. The van der Waals surface area contributed by atoms with Crippen LogP contribution in [0.25, 0.3) is 88.3 Å². The lowest BCUT2D eigenvalue weighted by molar-refractivity contribution is 1.28. The maximum Gasteiger partial charge on any atom is 0.0546 e. The van der Waals surface area contributed by atoms with E-state index in [1.807, 2.05) is 0 Å². The first kappa shape index (κ1) is 37.7. The molecule has 63 heavy (non-hydrogen) atoms. The van der Waals surface area contributed by atoms with E-state index in [9.17, 15) is 0 Å². The summed E-state index contributed by atoms with van der Waals surface area (Å²) in [5.74, 6) is 0. The molecule has 0 aliphatic heterocycles. The first-order valence-corrected chi connectivity index (χ1v) is 21.7. The van der Waals surface area contributed by atoms with Crippen LogP contribution in [0.3, 0.4) is 0 Å². The largest absolute Gasteiger partial charge is 0.310 e. The van der Waals surface area contributed by atoms with E-state index in [0.717, 1.165) is 17.1 Å². The molecule has 0 saturated carbocycles. The Balaban J connectivity index is 1.09. The van der Waals surface area contributed by atoms with Gasteiger partial charge in [-0.2, -0.15) is 0 Å². The SMILES string of the molecule is c1ccc(-c2ccccc2-c2c(-c3ccccc3)cccc2N(c2ccc(-c3ccc(-c4cccc5ccccc45)cc3)cc2)c2cccc(-c3cccc4ccccc34)c2)cc1. The normalized spacial score (nSPS) is 11.2. The molecule has 0 saturated heterocycles. The van der Waals surface area contributed by atoms with Gasteiger partial charge in [-0.1, -0.05) is 231 Å². The second-order valence-electron chi connectivity index (χ2n) is 16.0. The standard InChI is InChI=1S/C62H43N/c1-3-17-46(18-4-1)57-29-11-12-30-60(57)62-59(49-19-5-2-6-20-49)33-16-34-61(62)63(53-26-13-25-51(43-53)58-32-15-24-48-22-8-10-28-55(48)58)52-41-39-45(40-42-52)44-35-37-50(38-36-44)56-31-14-23-47-21-7-9-27-54(47)56/h1-43H. The van der Waals surface area contributed by atoms with Crippen LogP contribution >= 0.6 is 0 Å². The first-order valence-electron chi connectivity index (χ1n) is 21.7. The summed E-state index contributed by atoms with van der Waals surface area (Å²) in [4.78, 5) is 2.45. The van der Waals surface area contributed by atoms with E-state index in [-0.39, 0.29) is 0 Å². The number of fused-ring (bicyclic) bond motifs is 2. The molecular formula is C62H43N. The highest BCUT2D eigenvalue weighted by Crippen LogP contribution is 2.48. The van der Waals surface area contributed by atoms with Crippen molar-refractivity contribution in [2.75, 3.05) is 4.90 Å². The quantitative estimate of drug-likeness (QED) is 0.141. The van der Waals surface area contributed by atoms with Crippen LogP contribution < -0.4 is 4.90 Å². The number of anilines is 3. The summed E-state index contributed by atoms with van der Waals surface area (Å²) in [5, 5.41) is 4.99. The maximum atomic E-state index is 2.45. The Morgan fingerprint density at radius 3 is 1.29 bits per heavy atom. The fourth-order valence-electron chi connectivity index (χ4n) is 9.28. The first-order chi connectivity index (χ1) is 31.3. The van der Waals surface area contributed by atoms with Crippen LogP contribution in [0.2, 0.25) is 0 Å². The van der Waals surface area contributed by atoms with Crippen LogP contribution in [0.15, 0.2) is 261 Å². The van der Waals surface area contributed by atoms with Crippen LogP contribution in [0, 0.1) is 0 Å². The molecule has 0 fully saturated rings. The van der Waals surface area contributed by atoms with Gasteiger partial charge < -0.3 is 4.90 Å². The monoisotopic (exact) mass is 801 g/mol. The molecule has 0 aromatic heterocycles. The third-order valence-electron chi connectivity index (χ3n) is 12.3. The van der Waals surface area contributed by atoms with Crippen LogP contribution in [0.4, 0.5) is 17.1 Å². The maximum absolute atomic E-state index is 2.45. The fourth-order valence-corrected chi connectivity index (χ4v) is 9.28. The summed E-state index contributed by atoms with van der Waals surface area (Å²) >= 11 is 0. The van der Waals surface area contributed by atoms with Crippen LogP contribution in [0.5, 0.6) is 0 Å². The summed E-state index contributed by atoms with van der Waals surface area (Å²) in [5.41, 5.74) is 17.5. The van der Waals surface area contributed by atoms with Crippen molar-refractivity contribution in [2.45, 2.75) is 0 Å². The molecule has 11 rings (SSSR count). The van der Waals surface area contributed by atoms with E-state index in [1.54, 1.807) is 0 Å². The molecule has 0 spiro atoms. The summed E-state index contributed by atoms with van der Waals surface area (Å²) in [6.07, 6.45) is 0. The number of hydrogen-bond donors (Lipinski definition) is 0. The van der Waals surface area contributed by atoms with Crippen LogP contribution in [-0.2, 0) is 0 Å². The molecule has 0 atom stereocenters. The van der Waals surface area contributed by atoms with Gasteiger partial charge >= 0.3 is 0 Å². The Bertz CT molecular complexity index is 3360. The topological polar surface area (TPSA) is 3.24 Å². The number of hydrogen-bond acceptors (Lipinski definition) is 1. The Morgan fingerprint density at radius 2 is 0.635 bits per heavy atom. The molecule has 0 amide bonds. The Kier molecular flexibility index (Phi) is 9.97. The average Bonchev–Trinajstić information content (AvgIpc) is 3.37. The molecule has 0 aliphatic rings. The van der Waals surface area contributed by atoms with E-state index >= 15 is 0 Å². The lowest BCUT2D eigenvalue weighted by Gasteiger charge is -2.30. The molecule has 0 N–H and O–H groups in total. The minimum atomic E-state index is 1.07. The molecule has 1 heteroatoms. The van der Waals surface area contributed by atoms with Gasteiger partial charge in [0.1, 0.15) is 0 Å². The zero-order chi connectivity index (χ0) is 42.0. The van der Waals surface area contributed by atoms with Crippen LogP contribution in [-0.4, -0.2) is 0 Å². The third kappa shape index (κ3) is 7.26. The van der Waals surface area contributed by atoms with Crippen molar-refractivity contribution in [3.8, 4) is 66.8 Å². The van der Waals surface area contributed by atoms with Crippen molar-refractivity contribution >= 4 is 38.6 Å². The van der Waals surface area contributed by atoms with Crippen molar-refractivity contribution in [1.29, 1.82) is 0 Å². The fraction of sp³-hybridized carbons (Fsp3) is 0. The summed E-state index contributed by atoms with van der Waals surface area (Å²) in [6.45, 7) is 0. The van der Waals surface area contributed by atoms with Gasteiger partial charge in [0.2, 0.25) is 0 Å². The Morgan fingerprint density at radius 1 is 0.222 bits per heavy atom. The highest BCUT2D eigenvalue weighted by Gasteiger charge is 2.23. The van der Waals surface area contributed by atoms with Gasteiger partial charge in [0.05, 0.1) is 5.69 Å². The lowest BCUT2D eigenvalue weighted by atomic mass is 9.87. The van der Waals surface area contributed by atoms with E-state index in [2.05, 4.69) is 266 Å². The molecule has 0 heterocycles. The summed E-state index contributed by atoms with van der Waals surface area (Å²) < 4.78 is 0. The van der Waals surface area contributed by atoms with Crippen molar-refractivity contribution in [2.24, 2.45) is 0 Å². The highest BCUT2D eigenvalue weighted by atomic mass is 15.1. The summed E-state index contributed by atoms with van der Waals surface area (Å²) in [6, 6.07) is 94.7. The second kappa shape index (κ2) is 16.7. The van der Waals surface area contributed by atoms with Crippen LogP contribution in [0.1, 0.15) is 0 Å². The van der Waals surface area contributed by atoms with Gasteiger partial charge in [0, 0.05) is 16.9 Å². The van der Waals surface area contributed by atoms with Gasteiger partial charge in [-0.25, -0.2) is 0 Å². The zero-order valence-electron chi connectivity index (χ0n) is 34.8. The molecule has 11 aromatic carbocycles. The highest BCUT2D eigenvalue weighted by molar-refractivity contribution is 6.03. The Labute approximate surface area is 369 Å². The van der Waals surface area contributed by atoms with Gasteiger partial charge in [-0.05, 0) is 113 Å². The number of benzene rings is 11. The molecule has 0 aliphatic carbocycles. The predicted octanol–water partition coefficient (Wildman–Crippen LogP) is 17.5. The molecule has 0 bridgehead atoms. The smallest absolute Gasteiger partial charge is 0.0546 e. The van der Waals surface area contributed by atoms with E-state index in [4.69, 9.17) is 0 Å². The number of nitrogens with zero attached hydrogens (tertiary/aromatic N) is 1. The van der Waals surface area contributed by atoms with Gasteiger partial charge in [-0.15, -0.1) is 0 Å². The molecule has 296 valence electrons. The molecule has 0 radical (unpaired) electrons. The van der Waals surface area contributed by atoms with Crippen molar-refractivity contribution < 1.29 is 0 Å². The third-order valence-corrected chi connectivity index (χ3v) is 12.3. The van der Waals surface area contributed by atoms with Crippen molar-refractivity contribution in [3.63, 3.8) is 0 Å². The minimum absolute atomic E-state index is 1.07. The predicted molar refractivity (Wildman–Crippen MR) is 269 cm³/mol. The van der Waals surface area contributed by atoms with Crippen molar-refractivity contribution in [3.05, 3.63) is 261 Å². The second-order valence-corrected chi connectivity index (χ2v) is 16.0. The van der Waals surface area contributed by atoms with E-state index in [0.29, 0.717) is 0 Å². The molecule has 1 nitrogen and oxygen atoms in total. The van der Waals surface area contributed by atoms with Gasteiger partial charge in [0.25, 0.3) is 0 Å². The van der Waals surface area contributed by atoms with Crippen molar-refractivity contribution in [1.82, 2.24) is 0 Å². The van der Waals surface area contributed by atoms with E-state index < -0.39 is 0 Å². The van der Waals surface area contributed by atoms with Gasteiger partial charge in [-0.3, -0.25) is 0 Å². The lowest BCUT2D eigenvalue weighted by Crippen LogP contribution is -2.12. The number of rotatable bonds is 9. The van der Waals surface area contributed by atoms with E-state index in [1.165, 1.54) is 88.3 Å². The molecule has 0 unspecified atom stereocenters.